The highest BCUT2D eigenvalue weighted by atomic mass is 16.6. The Morgan fingerprint density at radius 3 is 2.13 bits per heavy atom. The number of benzene rings is 2. The number of hydrogen-bond donors (Lipinski definition) is 0. The van der Waals surface area contributed by atoms with Crippen LogP contribution in [0.25, 0.3) is 0 Å². The van der Waals surface area contributed by atoms with E-state index in [0.717, 1.165) is 0 Å². The molecule has 0 unspecified atom stereocenters. The van der Waals surface area contributed by atoms with E-state index >= 15 is 0 Å². The summed E-state index contributed by atoms with van der Waals surface area (Å²) in [5.41, 5.74) is 0.557. The van der Waals surface area contributed by atoms with Crippen LogP contribution in [0.1, 0.15) is 27.6 Å². The molecule has 0 bridgehead atoms. The quantitative estimate of drug-likeness (QED) is 0.553. The predicted molar refractivity (Wildman–Crippen MR) is 104 cm³/mol. The number of methoxy groups -OCH3 is 2. The molecular formula is C21H19NO8. The smallest absolute Gasteiger partial charge is 0.354 e. The zero-order valence-electron chi connectivity index (χ0n) is 16.5. The number of hydrogen-bond acceptors (Lipinski definition) is 8. The average Bonchev–Trinajstić information content (AvgIpc) is 2.76. The summed E-state index contributed by atoms with van der Waals surface area (Å²) >= 11 is 0. The molecular weight excluding hydrogens is 394 g/mol. The average molecular weight is 413 g/mol. The molecule has 1 aliphatic heterocycles. The van der Waals surface area contributed by atoms with Gasteiger partial charge in [0.2, 0.25) is 12.0 Å². The summed E-state index contributed by atoms with van der Waals surface area (Å²) in [5, 5.41) is 0. The summed E-state index contributed by atoms with van der Waals surface area (Å²) in [6.45, 7) is 1.33. The Hall–Kier alpha value is -3.88. The minimum Gasteiger partial charge on any atom is -0.475 e. The zero-order chi connectivity index (χ0) is 21.8. The highest BCUT2D eigenvalue weighted by molar-refractivity contribution is 5.97. The number of ether oxygens (including phenoxy) is 4. The van der Waals surface area contributed by atoms with Crippen molar-refractivity contribution < 1.29 is 38.1 Å². The lowest BCUT2D eigenvalue weighted by atomic mass is 10.1. The molecule has 30 heavy (non-hydrogen) atoms. The van der Waals surface area contributed by atoms with Crippen LogP contribution >= 0.6 is 0 Å². The van der Waals surface area contributed by atoms with Crippen molar-refractivity contribution >= 4 is 29.5 Å². The van der Waals surface area contributed by atoms with Crippen LogP contribution in [0.2, 0.25) is 0 Å². The van der Waals surface area contributed by atoms with Crippen LogP contribution in [-0.4, -0.2) is 50.7 Å². The largest absolute Gasteiger partial charge is 0.475 e. The number of rotatable bonds is 4. The molecule has 9 nitrogen and oxygen atoms in total. The van der Waals surface area contributed by atoms with Gasteiger partial charge in [0.05, 0.1) is 37.6 Å². The maximum absolute atomic E-state index is 12.7. The number of esters is 3. The number of carbonyl (C=O) groups is 4. The van der Waals surface area contributed by atoms with Gasteiger partial charge in [-0.05, 0) is 30.3 Å². The van der Waals surface area contributed by atoms with Gasteiger partial charge in [0.1, 0.15) is 11.5 Å². The van der Waals surface area contributed by atoms with Crippen LogP contribution in [0, 0.1) is 0 Å². The molecule has 1 heterocycles. The van der Waals surface area contributed by atoms with Crippen molar-refractivity contribution in [1.82, 2.24) is 0 Å². The van der Waals surface area contributed by atoms with E-state index in [4.69, 9.17) is 9.47 Å². The van der Waals surface area contributed by atoms with Gasteiger partial charge in [0.15, 0.2) is 0 Å². The second-order valence-corrected chi connectivity index (χ2v) is 6.35. The first kappa shape index (κ1) is 20.8. The van der Waals surface area contributed by atoms with Gasteiger partial charge in [-0.1, -0.05) is 12.1 Å². The molecule has 156 valence electrons. The molecule has 0 fully saturated rings. The molecule has 1 atom stereocenters. The van der Waals surface area contributed by atoms with Crippen LogP contribution in [0.3, 0.4) is 0 Å². The van der Waals surface area contributed by atoms with E-state index in [9.17, 15) is 19.2 Å². The monoisotopic (exact) mass is 413 g/mol. The molecule has 0 radical (unpaired) electrons. The molecule has 0 N–H and O–H groups in total. The van der Waals surface area contributed by atoms with E-state index < -0.39 is 24.0 Å². The summed E-state index contributed by atoms with van der Waals surface area (Å²) < 4.78 is 20.4. The van der Waals surface area contributed by atoms with Crippen molar-refractivity contribution in [1.29, 1.82) is 0 Å². The fourth-order valence-electron chi connectivity index (χ4n) is 2.97. The van der Waals surface area contributed by atoms with Gasteiger partial charge in [-0.2, -0.15) is 0 Å². The van der Waals surface area contributed by atoms with Crippen molar-refractivity contribution in [3.8, 4) is 11.5 Å². The molecule has 9 heteroatoms. The van der Waals surface area contributed by atoms with Crippen molar-refractivity contribution in [3.05, 3.63) is 53.6 Å². The van der Waals surface area contributed by atoms with Crippen molar-refractivity contribution in [2.45, 2.75) is 13.0 Å². The third-order valence-electron chi connectivity index (χ3n) is 4.38. The van der Waals surface area contributed by atoms with Gasteiger partial charge in [-0.3, -0.25) is 4.79 Å². The molecule has 3 rings (SSSR count). The second-order valence-electron chi connectivity index (χ2n) is 6.35. The summed E-state index contributed by atoms with van der Waals surface area (Å²) in [5.74, 6) is -2.20. The lowest BCUT2D eigenvalue weighted by Crippen LogP contribution is -2.47. The van der Waals surface area contributed by atoms with Gasteiger partial charge >= 0.3 is 17.9 Å². The summed E-state index contributed by atoms with van der Waals surface area (Å²) in [4.78, 5) is 49.9. The topological polar surface area (TPSA) is 108 Å². The maximum Gasteiger partial charge on any atom is 0.354 e. The first-order valence-corrected chi connectivity index (χ1v) is 8.91. The summed E-state index contributed by atoms with van der Waals surface area (Å²) in [7, 11) is 2.37. The molecule has 2 aromatic carbocycles. The Bertz CT molecular complexity index is 982. The second kappa shape index (κ2) is 8.64. The third-order valence-corrected chi connectivity index (χ3v) is 4.38. The number of nitrogens with zero attached hydrogens (tertiary/aromatic N) is 1. The molecule has 0 aliphatic carbocycles. The third kappa shape index (κ3) is 4.24. The van der Waals surface area contributed by atoms with E-state index in [1.165, 1.54) is 44.2 Å². The van der Waals surface area contributed by atoms with Crippen molar-refractivity contribution in [2.24, 2.45) is 0 Å². The Labute approximate surface area is 172 Å². The van der Waals surface area contributed by atoms with Crippen LogP contribution in [0.4, 0.5) is 5.69 Å². The fourth-order valence-corrected chi connectivity index (χ4v) is 2.97. The van der Waals surface area contributed by atoms with E-state index in [-0.39, 0.29) is 29.3 Å². The minimum absolute atomic E-state index is 0.00321. The number of fused-ring (bicyclic) bond motifs is 1. The van der Waals surface area contributed by atoms with Crippen molar-refractivity contribution in [3.63, 3.8) is 0 Å². The molecule has 0 saturated carbocycles. The Kier molecular flexibility index (Phi) is 6.01. The highest BCUT2D eigenvalue weighted by Gasteiger charge is 2.34. The van der Waals surface area contributed by atoms with E-state index in [2.05, 4.69) is 9.47 Å². The molecule has 0 spiro atoms. The Morgan fingerprint density at radius 1 is 0.967 bits per heavy atom. The van der Waals surface area contributed by atoms with Gasteiger partial charge in [-0.25, -0.2) is 14.4 Å². The van der Waals surface area contributed by atoms with Crippen LogP contribution in [0.5, 0.6) is 11.5 Å². The highest BCUT2D eigenvalue weighted by Crippen LogP contribution is 2.33. The molecule has 2 aromatic rings. The minimum atomic E-state index is -1.10. The molecule has 1 amide bonds. The first-order chi connectivity index (χ1) is 14.3. The van der Waals surface area contributed by atoms with Crippen LogP contribution in [-0.2, 0) is 19.1 Å². The van der Waals surface area contributed by atoms with Gasteiger partial charge in [-0.15, -0.1) is 0 Å². The normalized spacial score (nSPS) is 14.8. The number of para-hydroxylation sites is 2. The number of anilines is 1. The van der Waals surface area contributed by atoms with Gasteiger partial charge in [0, 0.05) is 6.92 Å². The number of amides is 1. The standard InChI is InChI=1S/C21H19NO8/c1-12(23)22-11-18(30-17-7-5-4-6-16(17)22)21(26)29-15-9-13(19(24)27-2)8-14(10-15)20(25)28-3/h4-10,18H,11H2,1-3H3/t18-/m1/s1. The summed E-state index contributed by atoms with van der Waals surface area (Å²) in [6, 6.07) is 10.6. The van der Waals surface area contributed by atoms with Crippen LogP contribution < -0.4 is 14.4 Å². The van der Waals surface area contributed by atoms with Crippen molar-refractivity contribution in [2.75, 3.05) is 25.7 Å². The van der Waals surface area contributed by atoms with E-state index in [0.29, 0.717) is 11.4 Å². The lowest BCUT2D eigenvalue weighted by Gasteiger charge is -2.33. The zero-order valence-corrected chi connectivity index (χ0v) is 16.5. The Balaban J connectivity index is 1.87. The SMILES string of the molecule is COC(=O)c1cc(OC(=O)[C@H]2CN(C(C)=O)c3ccccc3O2)cc(C(=O)OC)c1. The first-order valence-electron chi connectivity index (χ1n) is 8.91. The molecule has 1 aliphatic rings. The van der Waals surface area contributed by atoms with Gasteiger partial charge in [0.25, 0.3) is 0 Å². The predicted octanol–water partition coefficient (Wildman–Crippen LogP) is 1.98. The maximum atomic E-state index is 12.7. The Morgan fingerprint density at radius 2 is 1.57 bits per heavy atom. The molecule has 0 aromatic heterocycles. The fraction of sp³-hybridized carbons (Fsp3) is 0.238. The van der Waals surface area contributed by atoms with Crippen LogP contribution in [0.15, 0.2) is 42.5 Å². The summed E-state index contributed by atoms with van der Waals surface area (Å²) in [6.07, 6.45) is -1.10. The van der Waals surface area contributed by atoms with E-state index in [1.54, 1.807) is 24.3 Å². The number of carbonyl (C=O) groups excluding carboxylic acids is 4. The molecule has 0 saturated heterocycles. The van der Waals surface area contributed by atoms with E-state index in [1.807, 2.05) is 0 Å². The lowest BCUT2D eigenvalue weighted by molar-refractivity contribution is -0.142. The van der Waals surface area contributed by atoms with Gasteiger partial charge < -0.3 is 23.8 Å².